The Morgan fingerprint density at radius 1 is 1.32 bits per heavy atom. The van der Waals surface area contributed by atoms with E-state index in [2.05, 4.69) is 10.3 Å². The molecule has 0 aromatic carbocycles. The number of nitrogens with one attached hydrogen (secondary N) is 1. The molecule has 5 nitrogen and oxygen atoms in total. The summed E-state index contributed by atoms with van der Waals surface area (Å²) in [6.07, 6.45) is 5.83. The summed E-state index contributed by atoms with van der Waals surface area (Å²) in [7, 11) is 0. The van der Waals surface area contributed by atoms with Gasteiger partial charge in [-0.05, 0) is 37.8 Å². The first kappa shape index (κ1) is 15.0. The van der Waals surface area contributed by atoms with E-state index in [1.54, 1.807) is 6.20 Å². The molecule has 0 bridgehead atoms. The van der Waals surface area contributed by atoms with Crippen LogP contribution < -0.4 is 5.32 Å². The number of rotatable bonds is 4. The highest BCUT2D eigenvalue weighted by Gasteiger charge is 2.37. The standard InChI is InChI=1S/C17H23N3O2/c1-12(21)19-16(15-6-2-3-9-18-15)14-5-4-10-20(11-14)17(22)13-7-8-13/h2-3,6,9,13-14,16H,4-5,7-8,10-11H2,1H3,(H,19,21)/t14-,16-/m0/s1. The van der Waals surface area contributed by atoms with Gasteiger partial charge in [-0.3, -0.25) is 14.6 Å². The number of likely N-dealkylation sites (tertiary alicyclic amines) is 1. The summed E-state index contributed by atoms with van der Waals surface area (Å²) in [5.41, 5.74) is 0.878. The van der Waals surface area contributed by atoms with Crippen molar-refractivity contribution in [3.05, 3.63) is 30.1 Å². The Labute approximate surface area is 131 Å². The van der Waals surface area contributed by atoms with E-state index in [0.29, 0.717) is 5.91 Å². The molecule has 2 aliphatic rings. The Morgan fingerprint density at radius 2 is 2.14 bits per heavy atom. The van der Waals surface area contributed by atoms with Gasteiger partial charge in [0.25, 0.3) is 0 Å². The minimum atomic E-state index is -0.117. The normalized spacial score (nSPS) is 23.0. The maximum absolute atomic E-state index is 12.3. The summed E-state index contributed by atoms with van der Waals surface area (Å²) in [6.45, 7) is 3.10. The van der Waals surface area contributed by atoms with Crippen LogP contribution in [0.25, 0.3) is 0 Å². The second-order valence-corrected chi connectivity index (χ2v) is 6.39. The third-order valence-electron chi connectivity index (χ3n) is 4.53. The van der Waals surface area contributed by atoms with Crippen LogP contribution in [0, 0.1) is 11.8 Å². The monoisotopic (exact) mass is 301 g/mol. The van der Waals surface area contributed by atoms with Crippen molar-refractivity contribution >= 4 is 11.8 Å². The summed E-state index contributed by atoms with van der Waals surface area (Å²) in [4.78, 5) is 30.3. The van der Waals surface area contributed by atoms with Crippen LogP contribution in [0.3, 0.4) is 0 Å². The Bertz CT molecular complexity index is 542. The number of aromatic nitrogens is 1. The van der Waals surface area contributed by atoms with E-state index in [4.69, 9.17) is 0 Å². The zero-order valence-corrected chi connectivity index (χ0v) is 13.0. The Balaban J connectivity index is 1.75. The summed E-state index contributed by atoms with van der Waals surface area (Å²) >= 11 is 0. The number of carbonyl (C=O) groups is 2. The van der Waals surface area contributed by atoms with E-state index >= 15 is 0 Å². The van der Waals surface area contributed by atoms with Crippen LogP contribution in [-0.2, 0) is 9.59 Å². The van der Waals surface area contributed by atoms with Crippen LogP contribution >= 0.6 is 0 Å². The largest absolute Gasteiger partial charge is 0.348 e. The molecule has 0 spiro atoms. The lowest BCUT2D eigenvalue weighted by Gasteiger charge is -2.37. The number of nitrogens with zero attached hydrogens (tertiary/aromatic N) is 2. The summed E-state index contributed by atoms with van der Waals surface area (Å²) in [5.74, 6) is 0.733. The maximum atomic E-state index is 12.3. The van der Waals surface area contributed by atoms with Crippen LogP contribution in [0.15, 0.2) is 24.4 Å². The molecule has 1 aliphatic heterocycles. The zero-order chi connectivity index (χ0) is 15.5. The Hall–Kier alpha value is -1.91. The van der Waals surface area contributed by atoms with Gasteiger partial charge in [0, 0.05) is 38.0 Å². The third kappa shape index (κ3) is 3.46. The van der Waals surface area contributed by atoms with Crippen molar-refractivity contribution in [2.45, 2.75) is 38.6 Å². The van der Waals surface area contributed by atoms with E-state index in [0.717, 1.165) is 44.5 Å². The van der Waals surface area contributed by atoms with Crippen molar-refractivity contribution in [2.24, 2.45) is 11.8 Å². The van der Waals surface area contributed by atoms with Gasteiger partial charge < -0.3 is 10.2 Å². The first-order valence-electron chi connectivity index (χ1n) is 8.12. The lowest BCUT2D eigenvalue weighted by molar-refractivity contribution is -0.134. The fourth-order valence-corrected chi connectivity index (χ4v) is 3.28. The van der Waals surface area contributed by atoms with Gasteiger partial charge in [-0.2, -0.15) is 0 Å². The van der Waals surface area contributed by atoms with E-state index in [9.17, 15) is 9.59 Å². The van der Waals surface area contributed by atoms with E-state index in [1.807, 2.05) is 23.1 Å². The van der Waals surface area contributed by atoms with Gasteiger partial charge in [-0.15, -0.1) is 0 Å². The molecule has 5 heteroatoms. The summed E-state index contributed by atoms with van der Waals surface area (Å²) < 4.78 is 0. The van der Waals surface area contributed by atoms with Gasteiger partial charge in [-0.1, -0.05) is 6.07 Å². The number of amides is 2. The molecule has 22 heavy (non-hydrogen) atoms. The lowest BCUT2D eigenvalue weighted by atomic mass is 9.88. The van der Waals surface area contributed by atoms with Gasteiger partial charge in [-0.25, -0.2) is 0 Å². The van der Waals surface area contributed by atoms with Crippen molar-refractivity contribution < 1.29 is 9.59 Å². The molecule has 1 saturated carbocycles. The van der Waals surface area contributed by atoms with Crippen LogP contribution in [0.2, 0.25) is 0 Å². The fraction of sp³-hybridized carbons (Fsp3) is 0.588. The van der Waals surface area contributed by atoms with Crippen LogP contribution in [0.5, 0.6) is 0 Å². The SMILES string of the molecule is CC(=O)N[C@H](c1ccccn1)[C@H]1CCCN(C(=O)C2CC2)C1. The number of pyridine rings is 1. The predicted octanol–water partition coefficient (Wildman–Crippen LogP) is 1.91. The molecule has 1 aromatic heterocycles. The molecule has 1 saturated heterocycles. The van der Waals surface area contributed by atoms with Gasteiger partial charge in [0.1, 0.15) is 0 Å². The molecular formula is C17H23N3O2. The molecule has 2 fully saturated rings. The highest BCUT2D eigenvalue weighted by molar-refractivity contribution is 5.81. The van der Waals surface area contributed by atoms with Crippen molar-refractivity contribution in [3.8, 4) is 0 Å². The average Bonchev–Trinajstić information content (AvgIpc) is 3.37. The number of carbonyl (C=O) groups excluding carboxylic acids is 2. The number of piperidine rings is 1. The van der Waals surface area contributed by atoms with Crippen LogP contribution in [-0.4, -0.2) is 34.8 Å². The molecule has 1 aliphatic carbocycles. The van der Waals surface area contributed by atoms with E-state index in [1.165, 1.54) is 6.92 Å². The first-order valence-corrected chi connectivity index (χ1v) is 8.12. The smallest absolute Gasteiger partial charge is 0.225 e. The molecule has 1 aromatic rings. The Kier molecular flexibility index (Phi) is 4.41. The molecule has 118 valence electrons. The van der Waals surface area contributed by atoms with Gasteiger partial charge in [0.2, 0.25) is 11.8 Å². The molecule has 3 rings (SSSR count). The minimum absolute atomic E-state index is 0.0544. The van der Waals surface area contributed by atoms with E-state index < -0.39 is 0 Å². The average molecular weight is 301 g/mol. The molecule has 1 N–H and O–H groups in total. The van der Waals surface area contributed by atoms with Crippen molar-refractivity contribution in [1.82, 2.24) is 15.2 Å². The Morgan fingerprint density at radius 3 is 2.77 bits per heavy atom. The first-order chi connectivity index (χ1) is 10.6. The minimum Gasteiger partial charge on any atom is -0.348 e. The number of hydrogen-bond acceptors (Lipinski definition) is 3. The second kappa shape index (κ2) is 6.46. The highest BCUT2D eigenvalue weighted by atomic mass is 16.2. The molecule has 0 radical (unpaired) electrons. The van der Waals surface area contributed by atoms with E-state index in [-0.39, 0.29) is 23.8 Å². The molecule has 2 heterocycles. The quantitative estimate of drug-likeness (QED) is 0.924. The molecular weight excluding hydrogens is 278 g/mol. The van der Waals surface area contributed by atoms with Crippen molar-refractivity contribution in [1.29, 1.82) is 0 Å². The summed E-state index contributed by atoms with van der Waals surface area (Å²) in [6, 6.07) is 5.64. The number of hydrogen-bond donors (Lipinski definition) is 1. The lowest BCUT2D eigenvalue weighted by Crippen LogP contribution is -2.45. The van der Waals surface area contributed by atoms with Crippen molar-refractivity contribution in [3.63, 3.8) is 0 Å². The third-order valence-corrected chi connectivity index (χ3v) is 4.53. The maximum Gasteiger partial charge on any atom is 0.225 e. The van der Waals surface area contributed by atoms with Gasteiger partial charge in [0.05, 0.1) is 11.7 Å². The highest BCUT2D eigenvalue weighted by Crippen LogP contribution is 2.34. The molecule has 2 amide bonds. The molecule has 0 unspecified atom stereocenters. The fourth-order valence-electron chi connectivity index (χ4n) is 3.28. The predicted molar refractivity (Wildman–Crippen MR) is 82.8 cm³/mol. The topological polar surface area (TPSA) is 62.3 Å². The van der Waals surface area contributed by atoms with Gasteiger partial charge >= 0.3 is 0 Å². The van der Waals surface area contributed by atoms with Crippen LogP contribution in [0.4, 0.5) is 0 Å². The molecule has 2 atom stereocenters. The zero-order valence-electron chi connectivity index (χ0n) is 13.0. The second-order valence-electron chi connectivity index (χ2n) is 6.39. The van der Waals surface area contributed by atoms with Crippen LogP contribution in [0.1, 0.15) is 44.3 Å². The van der Waals surface area contributed by atoms with Gasteiger partial charge in [0.15, 0.2) is 0 Å². The summed E-state index contributed by atoms with van der Waals surface area (Å²) in [5, 5.41) is 3.03. The van der Waals surface area contributed by atoms with Crippen molar-refractivity contribution in [2.75, 3.05) is 13.1 Å².